The summed E-state index contributed by atoms with van der Waals surface area (Å²) in [4.78, 5) is 41.1. The molecule has 0 saturated heterocycles. The molecule has 9 heteroatoms. The van der Waals surface area contributed by atoms with E-state index in [2.05, 4.69) is 15.6 Å². The Labute approximate surface area is 194 Å². The molecule has 0 radical (unpaired) electrons. The fourth-order valence-corrected chi connectivity index (χ4v) is 3.50. The summed E-state index contributed by atoms with van der Waals surface area (Å²) in [5.41, 5.74) is 8.51. The lowest BCUT2D eigenvalue weighted by Crippen LogP contribution is -2.25. The molecule has 4 rings (SSSR count). The molecule has 0 bridgehead atoms. The highest BCUT2D eigenvalue weighted by atomic mass is 19.1. The minimum absolute atomic E-state index is 0.147. The summed E-state index contributed by atoms with van der Waals surface area (Å²) in [6, 6.07) is 16.3. The van der Waals surface area contributed by atoms with E-state index in [1.165, 1.54) is 16.7 Å². The van der Waals surface area contributed by atoms with Crippen molar-refractivity contribution in [2.45, 2.75) is 20.0 Å². The van der Waals surface area contributed by atoms with Gasteiger partial charge in [0.1, 0.15) is 22.9 Å². The molecule has 8 nitrogen and oxygen atoms in total. The largest absolute Gasteiger partial charge is 0.366 e. The molecule has 2 aromatic carbocycles. The smallest absolute Gasteiger partial charge is 0.271 e. The molecule has 0 fully saturated rings. The number of aryl methyl sites for hydroxylation is 1. The molecule has 0 atom stereocenters. The normalized spacial score (nSPS) is 10.8. The minimum atomic E-state index is -0.545. The Kier molecular flexibility index (Phi) is 6.35. The number of amides is 3. The number of carbonyl (C=O) groups is 3. The summed E-state index contributed by atoms with van der Waals surface area (Å²) in [7, 11) is 0. The van der Waals surface area contributed by atoms with Crippen molar-refractivity contribution in [1.82, 2.24) is 20.0 Å². The first kappa shape index (κ1) is 22.7. The summed E-state index contributed by atoms with van der Waals surface area (Å²) >= 11 is 0. The zero-order valence-electron chi connectivity index (χ0n) is 18.3. The van der Waals surface area contributed by atoms with E-state index in [9.17, 15) is 18.8 Å². The summed E-state index contributed by atoms with van der Waals surface area (Å²) in [6.07, 6.45) is 1.49. The van der Waals surface area contributed by atoms with Crippen LogP contribution < -0.4 is 16.4 Å². The lowest BCUT2D eigenvalue weighted by molar-refractivity contribution is 0.0935. The van der Waals surface area contributed by atoms with Crippen LogP contribution in [0.3, 0.4) is 0 Å². The number of nitrogens with zero attached hydrogens (tertiary/aromatic N) is 2. The Balaban J connectivity index is 1.47. The van der Waals surface area contributed by atoms with E-state index < -0.39 is 11.8 Å². The molecule has 0 aliphatic carbocycles. The fraction of sp³-hybridized carbons (Fsp3) is 0.120. The third-order valence-corrected chi connectivity index (χ3v) is 5.30. The van der Waals surface area contributed by atoms with E-state index in [1.807, 2.05) is 0 Å². The van der Waals surface area contributed by atoms with Gasteiger partial charge in [0.15, 0.2) is 0 Å². The first-order valence-electron chi connectivity index (χ1n) is 10.5. The van der Waals surface area contributed by atoms with Crippen LogP contribution in [0.1, 0.15) is 48.0 Å². The average molecular weight is 459 g/mol. The number of halogens is 1. The molecular formula is C25H22FN5O3. The Morgan fingerprint density at radius 2 is 1.65 bits per heavy atom. The van der Waals surface area contributed by atoms with Gasteiger partial charge in [-0.3, -0.25) is 18.8 Å². The summed E-state index contributed by atoms with van der Waals surface area (Å²) in [6.45, 7) is 2.06. The van der Waals surface area contributed by atoms with Crippen molar-refractivity contribution in [3.05, 3.63) is 106 Å². The van der Waals surface area contributed by atoms with Crippen molar-refractivity contribution < 1.29 is 18.8 Å². The minimum Gasteiger partial charge on any atom is -0.366 e. The van der Waals surface area contributed by atoms with Gasteiger partial charge in [-0.25, -0.2) is 9.37 Å². The number of benzene rings is 2. The molecule has 0 saturated carbocycles. The zero-order valence-corrected chi connectivity index (χ0v) is 18.3. The highest BCUT2D eigenvalue weighted by molar-refractivity contribution is 5.96. The highest BCUT2D eigenvalue weighted by Crippen LogP contribution is 2.12. The van der Waals surface area contributed by atoms with Crippen molar-refractivity contribution in [2.75, 3.05) is 0 Å². The zero-order chi connectivity index (χ0) is 24.2. The van der Waals surface area contributed by atoms with E-state index in [4.69, 9.17) is 5.73 Å². The van der Waals surface area contributed by atoms with Gasteiger partial charge in [0, 0.05) is 24.8 Å². The van der Waals surface area contributed by atoms with Gasteiger partial charge < -0.3 is 16.4 Å². The topological polar surface area (TPSA) is 119 Å². The summed E-state index contributed by atoms with van der Waals surface area (Å²) < 4.78 is 15.0. The first-order chi connectivity index (χ1) is 16.3. The molecule has 0 unspecified atom stereocenters. The molecule has 2 aromatic heterocycles. The van der Waals surface area contributed by atoms with Crippen LogP contribution in [0.25, 0.3) is 5.65 Å². The number of aromatic nitrogens is 2. The van der Waals surface area contributed by atoms with Crippen molar-refractivity contribution in [3.63, 3.8) is 0 Å². The third-order valence-electron chi connectivity index (χ3n) is 5.30. The van der Waals surface area contributed by atoms with E-state index in [-0.39, 0.29) is 30.5 Å². The molecular weight excluding hydrogens is 437 g/mol. The summed E-state index contributed by atoms with van der Waals surface area (Å²) in [5, 5.41) is 5.55. The predicted octanol–water partition coefficient (Wildman–Crippen LogP) is 2.74. The lowest BCUT2D eigenvalue weighted by Gasteiger charge is -2.08. The van der Waals surface area contributed by atoms with Gasteiger partial charge in [0.25, 0.3) is 11.8 Å². The number of hydrogen-bond donors (Lipinski definition) is 3. The molecule has 4 N–H and O–H groups in total. The molecule has 4 aromatic rings. The Morgan fingerprint density at radius 3 is 2.38 bits per heavy atom. The van der Waals surface area contributed by atoms with Crippen molar-refractivity contribution in [2.24, 2.45) is 5.73 Å². The number of hydrogen-bond acceptors (Lipinski definition) is 4. The van der Waals surface area contributed by atoms with E-state index in [1.54, 1.807) is 61.5 Å². The van der Waals surface area contributed by atoms with E-state index in [0.29, 0.717) is 22.5 Å². The van der Waals surface area contributed by atoms with Crippen LogP contribution in [0.2, 0.25) is 0 Å². The van der Waals surface area contributed by atoms with Crippen LogP contribution in [0.4, 0.5) is 4.39 Å². The predicted molar refractivity (Wildman–Crippen MR) is 124 cm³/mol. The van der Waals surface area contributed by atoms with Crippen LogP contribution in [-0.2, 0) is 13.1 Å². The quantitative estimate of drug-likeness (QED) is 0.394. The number of nitrogens with two attached hydrogens (primary N) is 1. The summed E-state index contributed by atoms with van der Waals surface area (Å²) in [5.74, 6) is -1.64. The van der Waals surface area contributed by atoms with Crippen molar-refractivity contribution in [3.8, 4) is 0 Å². The number of imidazole rings is 1. The maximum atomic E-state index is 13.4. The van der Waals surface area contributed by atoms with Crippen LogP contribution in [-0.4, -0.2) is 27.1 Å². The van der Waals surface area contributed by atoms with E-state index in [0.717, 1.165) is 11.1 Å². The standard InChI is InChI=1S/C25H22FN5O3/c1-15-10-17(8-9-19(15)26)13-28-24(33)20-14-31-21(6-3-7-22(31)30-20)25(34)29-12-16-4-2-5-18(11-16)23(27)32/h2-11,14H,12-13H2,1H3,(H2,27,32)(H,28,33)(H,29,34). The lowest BCUT2D eigenvalue weighted by atomic mass is 10.1. The second-order valence-electron chi connectivity index (χ2n) is 7.78. The van der Waals surface area contributed by atoms with Gasteiger partial charge in [-0.1, -0.05) is 30.3 Å². The highest BCUT2D eigenvalue weighted by Gasteiger charge is 2.16. The average Bonchev–Trinajstić information content (AvgIpc) is 3.28. The number of rotatable bonds is 7. The number of nitrogens with one attached hydrogen (secondary N) is 2. The molecule has 0 aliphatic heterocycles. The first-order valence-corrected chi connectivity index (χ1v) is 10.5. The van der Waals surface area contributed by atoms with E-state index >= 15 is 0 Å². The molecule has 0 spiro atoms. The van der Waals surface area contributed by atoms with Gasteiger partial charge in [0.05, 0.1) is 0 Å². The Bertz CT molecular complexity index is 1410. The van der Waals surface area contributed by atoms with Crippen molar-refractivity contribution in [1.29, 1.82) is 0 Å². The maximum absolute atomic E-state index is 13.4. The molecule has 172 valence electrons. The van der Waals surface area contributed by atoms with Crippen LogP contribution in [0.15, 0.2) is 66.9 Å². The van der Waals surface area contributed by atoms with Gasteiger partial charge in [-0.05, 0) is 53.9 Å². The van der Waals surface area contributed by atoms with Crippen LogP contribution in [0, 0.1) is 12.7 Å². The maximum Gasteiger partial charge on any atom is 0.271 e. The number of carbonyl (C=O) groups excluding carboxylic acids is 3. The second-order valence-corrected chi connectivity index (χ2v) is 7.78. The third kappa shape index (κ3) is 4.93. The van der Waals surface area contributed by atoms with Crippen molar-refractivity contribution >= 4 is 23.4 Å². The van der Waals surface area contributed by atoms with Crippen LogP contribution >= 0.6 is 0 Å². The van der Waals surface area contributed by atoms with Crippen LogP contribution in [0.5, 0.6) is 0 Å². The fourth-order valence-electron chi connectivity index (χ4n) is 3.50. The van der Waals surface area contributed by atoms with Gasteiger partial charge in [-0.15, -0.1) is 0 Å². The number of pyridine rings is 1. The second kappa shape index (κ2) is 9.53. The van der Waals surface area contributed by atoms with Gasteiger partial charge >= 0.3 is 0 Å². The molecule has 3 amide bonds. The SMILES string of the molecule is Cc1cc(CNC(=O)c2cn3c(C(=O)NCc4cccc(C(N)=O)c4)cccc3n2)ccc1F. The van der Waals surface area contributed by atoms with Gasteiger partial charge in [-0.2, -0.15) is 0 Å². The molecule has 0 aliphatic rings. The molecule has 2 heterocycles. The monoisotopic (exact) mass is 459 g/mol. The molecule has 34 heavy (non-hydrogen) atoms. The number of primary amides is 1. The number of fused-ring (bicyclic) bond motifs is 1. The Morgan fingerprint density at radius 1 is 0.941 bits per heavy atom. The Hall–Kier alpha value is -4.53. The van der Waals surface area contributed by atoms with Gasteiger partial charge in [0.2, 0.25) is 5.91 Å².